The zero-order valence-corrected chi connectivity index (χ0v) is 3.90. The summed E-state index contributed by atoms with van der Waals surface area (Å²) in [4.78, 5) is 0. The van der Waals surface area contributed by atoms with E-state index in [9.17, 15) is 5.21 Å². The molecule has 1 unspecified atom stereocenters. The van der Waals surface area contributed by atoms with Crippen molar-refractivity contribution in [1.82, 2.24) is 0 Å². The maximum Gasteiger partial charge on any atom is 0.0939 e. The highest BCUT2D eigenvalue weighted by Crippen LogP contribution is 1.57. The van der Waals surface area contributed by atoms with E-state index in [0.29, 0.717) is 6.54 Å². The first-order chi connectivity index (χ1) is 2.77. The van der Waals surface area contributed by atoms with E-state index >= 15 is 0 Å². The lowest BCUT2D eigenvalue weighted by atomic mass is 10.5. The Morgan fingerprint density at radius 2 is 2.33 bits per heavy atom. The first-order valence-corrected chi connectivity index (χ1v) is 2.05. The first kappa shape index (κ1) is 5.88. The molecule has 0 aliphatic rings. The van der Waals surface area contributed by atoms with Gasteiger partial charge in [-0.1, -0.05) is 6.92 Å². The van der Waals surface area contributed by atoms with Gasteiger partial charge in [0.05, 0.1) is 6.54 Å². The van der Waals surface area contributed by atoms with E-state index in [-0.39, 0.29) is 5.17 Å². The van der Waals surface area contributed by atoms with Crippen LogP contribution >= 0.6 is 0 Å². The molecular formula is C3H10N2O. The average molecular weight is 90.1 g/mol. The second-order valence-corrected chi connectivity index (χ2v) is 1.22. The molecule has 0 rings (SSSR count). The van der Waals surface area contributed by atoms with Gasteiger partial charge in [-0.2, -0.15) is 5.84 Å². The van der Waals surface area contributed by atoms with Crippen LogP contribution in [0, 0.1) is 5.21 Å². The maximum absolute atomic E-state index is 9.82. The van der Waals surface area contributed by atoms with Crippen molar-refractivity contribution >= 4 is 0 Å². The molecule has 3 heteroatoms. The zero-order chi connectivity index (χ0) is 4.99. The normalized spacial score (nSPS) is 14.5. The van der Waals surface area contributed by atoms with E-state index in [1.807, 2.05) is 6.92 Å². The topological polar surface area (TPSA) is 53.5 Å². The Hall–Kier alpha value is -0.120. The van der Waals surface area contributed by atoms with Gasteiger partial charge < -0.3 is 5.21 Å². The van der Waals surface area contributed by atoms with Crippen LogP contribution in [0.5, 0.6) is 0 Å². The standard InChI is InChI=1S/C3H10N2O/c1-2-3-5(4)6/h5H,2-4H2,1H3. The molecule has 0 aliphatic carbocycles. The minimum absolute atomic E-state index is 0.211. The van der Waals surface area contributed by atoms with Crippen molar-refractivity contribution in [3.8, 4) is 0 Å². The summed E-state index contributed by atoms with van der Waals surface area (Å²) < 4.78 is 0. The SMILES string of the molecule is CCC[NH+](N)[O-]. The molecule has 1 atom stereocenters. The second kappa shape index (κ2) is 3.08. The maximum atomic E-state index is 9.82. The Kier molecular flexibility index (Phi) is 3.02. The molecular weight excluding hydrogens is 80.0 g/mol. The van der Waals surface area contributed by atoms with Crippen LogP contribution in [0.25, 0.3) is 0 Å². The molecule has 6 heavy (non-hydrogen) atoms. The lowest BCUT2D eigenvalue weighted by molar-refractivity contribution is -0.860. The van der Waals surface area contributed by atoms with Crippen molar-refractivity contribution < 1.29 is 5.17 Å². The summed E-state index contributed by atoms with van der Waals surface area (Å²) in [5.41, 5.74) is 0. The van der Waals surface area contributed by atoms with Crippen LogP contribution in [0.2, 0.25) is 0 Å². The van der Waals surface area contributed by atoms with Crippen molar-refractivity contribution in [3.05, 3.63) is 5.21 Å². The second-order valence-electron chi connectivity index (χ2n) is 1.22. The summed E-state index contributed by atoms with van der Waals surface area (Å²) in [5, 5.41) is 9.61. The van der Waals surface area contributed by atoms with Crippen molar-refractivity contribution in [3.63, 3.8) is 0 Å². The Balaban J connectivity index is 2.63. The van der Waals surface area contributed by atoms with Gasteiger partial charge in [-0.05, 0) is 6.42 Å². The number of nitrogens with one attached hydrogen (secondary N) is 1. The van der Waals surface area contributed by atoms with Gasteiger partial charge in [-0.3, -0.25) is 5.17 Å². The molecule has 3 N–H and O–H groups in total. The number of hydroxylamine groups is 1. The van der Waals surface area contributed by atoms with Gasteiger partial charge in [0.2, 0.25) is 0 Å². The van der Waals surface area contributed by atoms with Gasteiger partial charge in [0.15, 0.2) is 0 Å². The molecule has 0 spiro atoms. The van der Waals surface area contributed by atoms with Crippen molar-refractivity contribution in [2.75, 3.05) is 6.54 Å². The highest BCUT2D eigenvalue weighted by Gasteiger charge is 1.78. The van der Waals surface area contributed by atoms with E-state index in [0.717, 1.165) is 6.42 Å². The molecule has 0 heterocycles. The van der Waals surface area contributed by atoms with Crippen molar-refractivity contribution in [2.45, 2.75) is 13.3 Å². The highest BCUT2D eigenvalue weighted by molar-refractivity contribution is 4.15. The number of quaternary nitrogens is 1. The monoisotopic (exact) mass is 90.1 g/mol. The fourth-order valence-electron chi connectivity index (χ4n) is 0.246. The fraction of sp³-hybridized carbons (Fsp3) is 1.00. The Morgan fingerprint density at radius 3 is 2.33 bits per heavy atom. The molecule has 3 nitrogen and oxygen atoms in total. The fourth-order valence-corrected chi connectivity index (χ4v) is 0.246. The van der Waals surface area contributed by atoms with Crippen LogP contribution in [0.3, 0.4) is 0 Å². The van der Waals surface area contributed by atoms with Gasteiger partial charge in [-0.25, -0.2) is 0 Å². The Labute approximate surface area is 37.3 Å². The number of rotatable bonds is 2. The summed E-state index contributed by atoms with van der Waals surface area (Å²) in [5.74, 6) is 4.76. The quantitative estimate of drug-likeness (QED) is 0.325. The smallest absolute Gasteiger partial charge is 0.0939 e. The summed E-state index contributed by atoms with van der Waals surface area (Å²) in [6, 6.07) is 0. The molecule has 0 saturated heterocycles. The van der Waals surface area contributed by atoms with Gasteiger partial charge in [0, 0.05) is 0 Å². The number of nitrogens with two attached hydrogens (primary N) is 1. The van der Waals surface area contributed by atoms with Crippen molar-refractivity contribution in [2.24, 2.45) is 5.84 Å². The minimum atomic E-state index is -0.211. The molecule has 0 aromatic rings. The lowest BCUT2D eigenvalue weighted by Gasteiger charge is -2.11. The molecule has 0 bridgehead atoms. The van der Waals surface area contributed by atoms with Gasteiger partial charge in [0.1, 0.15) is 0 Å². The van der Waals surface area contributed by atoms with Gasteiger partial charge in [-0.15, -0.1) is 0 Å². The van der Waals surface area contributed by atoms with E-state index in [4.69, 9.17) is 5.84 Å². The third-order valence-electron chi connectivity index (χ3n) is 0.496. The third kappa shape index (κ3) is 3.88. The van der Waals surface area contributed by atoms with Crippen LogP contribution in [-0.2, 0) is 0 Å². The average Bonchev–Trinajstić information content (AvgIpc) is 1.35. The van der Waals surface area contributed by atoms with Crippen molar-refractivity contribution in [1.29, 1.82) is 0 Å². The van der Waals surface area contributed by atoms with Gasteiger partial charge in [0.25, 0.3) is 0 Å². The van der Waals surface area contributed by atoms with E-state index in [1.165, 1.54) is 0 Å². The Morgan fingerprint density at radius 1 is 1.83 bits per heavy atom. The summed E-state index contributed by atoms with van der Waals surface area (Å²) in [6.07, 6.45) is 0.856. The molecule has 0 fully saturated rings. The molecule has 0 aromatic heterocycles. The summed E-state index contributed by atoms with van der Waals surface area (Å²) >= 11 is 0. The number of hydrogen-bond donors (Lipinski definition) is 2. The first-order valence-electron chi connectivity index (χ1n) is 2.05. The summed E-state index contributed by atoms with van der Waals surface area (Å²) in [7, 11) is 0. The largest absolute Gasteiger partial charge is 0.613 e. The molecule has 0 amide bonds. The molecule has 0 radical (unpaired) electrons. The number of hydrogen-bond acceptors (Lipinski definition) is 2. The lowest BCUT2D eigenvalue weighted by Crippen LogP contribution is -3.13. The highest BCUT2D eigenvalue weighted by atomic mass is 16.5. The van der Waals surface area contributed by atoms with Crippen LogP contribution in [-0.4, -0.2) is 6.54 Å². The summed E-state index contributed by atoms with van der Waals surface area (Å²) in [6.45, 7) is 2.44. The third-order valence-corrected chi connectivity index (χ3v) is 0.496. The van der Waals surface area contributed by atoms with E-state index in [2.05, 4.69) is 0 Å². The zero-order valence-electron chi connectivity index (χ0n) is 3.90. The van der Waals surface area contributed by atoms with E-state index < -0.39 is 0 Å². The molecule has 0 aromatic carbocycles. The molecule has 0 saturated carbocycles. The molecule has 0 aliphatic heterocycles. The predicted molar refractivity (Wildman–Crippen MR) is 23.7 cm³/mol. The minimum Gasteiger partial charge on any atom is -0.613 e. The van der Waals surface area contributed by atoms with Crippen LogP contribution < -0.4 is 11.0 Å². The van der Waals surface area contributed by atoms with Crippen LogP contribution in [0.1, 0.15) is 13.3 Å². The van der Waals surface area contributed by atoms with Gasteiger partial charge >= 0.3 is 0 Å². The van der Waals surface area contributed by atoms with E-state index in [1.54, 1.807) is 0 Å². The Bertz CT molecular complexity index is 30.0. The predicted octanol–water partition coefficient (Wildman–Crippen LogP) is -1.35. The van der Waals surface area contributed by atoms with Crippen LogP contribution in [0.15, 0.2) is 0 Å². The van der Waals surface area contributed by atoms with Crippen LogP contribution in [0.4, 0.5) is 0 Å². The molecule has 38 valence electrons.